The first kappa shape index (κ1) is 10.9. The molecule has 2 rings (SSSR count). The van der Waals surface area contributed by atoms with Crippen molar-refractivity contribution < 1.29 is 13.9 Å². The smallest absolute Gasteiger partial charge is 0.216 e. The molecule has 0 spiro atoms. The topological polar surface area (TPSA) is 51.5 Å². The predicted octanol–water partition coefficient (Wildman–Crippen LogP) is 1.60. The minimum Gasteiger partial charge on any atom is -0.460 e. The number of methoxy groups -OCH3 is 1. The number of nitrogens with one attached hydrogen (secondary N) is 1. The number of hydrogen-bond acceptors (Lipinski definition) is 4. The fourth-order valence-electron chi connectivity index (χ4n) is 1.71. The van der Waals surface area contributed by atoms with E-state index < -0.39 is 0 Å². The molecule has 0 aromatic carbocycles. The van der Waals surface area contributed by atoms with E-state index in [0.717, 1.165) is 0 Å². The van der Waals surface area contributed by atoms with Crippen molar-refractivity contribution in [3.05, 3.63) is 22.6 Å². The quantitative estimate of drug-likeness (QED) is 0.851. The zero-order valence-electron chi connectivity index (χ0n) is 8.33. The van der Waals surface area contributed by atoms with E-state index in [1.54, 1.807) is 13.2 Å². The fourth-order valence-corrected chi connectivity index (χ4v) is 2.11. The Labute approximate surface area is 96.1 Å². The summed E-state index contributed by atoms with van der Waals surface area (Å²) in [5, 5.41) is 3.12. The molecule has 1 fully saturated rings. The van der Waals surface area contributed by atoms with Crippen LogP contribution in [0.5, 0.6) is 0 Å². The molecular weight excluding hydrogens is 262 g/mol. The van der Waals surface area contributed by atoms with Crippen LogP contribution in [0, 0.1) is 0 Å². The number of ketones is 1. The van der Waals surface area contributed by atoms with Crippen molar-refractivity contribution >= 4 is 21.7 Å². The Morgan fingerprint density at radius 3 is 3.07 bits per heavy atom. The van der Waals surface area contributed by atoms with Crippen LogP contribution in [0.1, 0.15) is 17.0 Å². The van der Waals surface area contributed by atoms with E-state index in [9.17, 15) is 4.79 Å². The molecule has 0 radical (unpaired) electrons. The third kappa shape index (κ3) is 2.14. The molecule has 82 valence electrons. The Bertz CT molecular complexity index is 363. The highest BCUT2D eigenvalue weighted by molar-refractivity contribution is 9.10. The first-order valence-corrected chi connectivity index (χ1v) is 5.55. The van der Waals surface area contributed by atoms with E-state index in [1.807, 2.05) is 0 Å². The first-order chi connectivity index (χ1) is 7.22. The molecule has 0 amide bonds. The summed E-state index contributed by atoms with van der Waals surface area (Å²) in [7, 11) is 1.65. The van der Waals surface area contributed by atoms with Gasteiger partial charge in [-0.2, -0.15) is 0 Å². The van der Waals surface area contributed by atoms with Crippen LogP contribution in [0.25, 0.3) is 0 Å². The lowest BCUT2D eigenvalue weighted by molar-refractivity contribution is 0.0892. The minimum atomic E-state index is -0.197. The van der Waals surface area contributed by atoms with Crippen molar-refractivity contribution in [2.24, 2.45) is 0 Å². The van der Waals surface area contributed by atoms with Gasteiger partial charge in [-0.1, -0.05) is 0 Å². The lowest BCUT2D eigenvalue weighted by Crippen LogP contribution is -2.30. The highest BCUT2D eigenvalue weighted by Crippen LogP contribution is 2.22. The molecule has 1 aliphatic heterocycles. The van der Waals surface area contributed by atoms with Crippen molar-refractivity contribution in [1.29, 1.82) is 0 Å². The minimum absolute atomic E-state index is 0.0218. The molecule has 0 bridgehead atoms. The molecule has 5 heteroatoms. The molecule has 15 heavy (non-hydrogen) atoms. The van der Waals surface area contributed by atoms with Gasteiger partial charge in [0, 0.05) is 13.7 Å². The van der Waals surface area contributed by atoms with Crippen molar-refractivity contribution in [3.8, 4) is 0 Å². The van der Waals surface area contributed by atoms with Crippen LogP contribution >= 0.6 is 15.9 Å². The van der Waals surface area contributed by atoms with E-state index in [0.29, 0.717) is 23.2 Å². The second-order valence-corrected chi connectivity index (χ2v) is 4.37. The van der Waals surface area contributed by atoms with Gasteiger partial charge in [-0.05, 0) is 28.4 Å². The molecular formula is C10H12BrNO3. The van der Waals surface area contributed by atoms with Gasteiger partial charge in [0.05, 0.1) is 22.9 Å². The Hall–Kier alpha value is -0.650. The van der Waals surface area contributed by atoms with E-state index in [1.165, 1.54) is 6.26 Å². The second-order valence-electron chi connectivity index (χ2n) is 3.52. The average molecular weight is 274 g/mol. The van der Waals surface area contributed by atoms with Crippen molar-refractivity contribution in [2.75, 3.05) is 13.7 Å². The van der Waals surface area contributed by atoms with E-state index in [4.69, 9.17) is 9.15 Å². The summed E-state index contributed by atoms with van der Waals surface area (Å²) < 4.78 is 11.0. The summed E-state index contributed by atoms with van der Waals surface area (Å²) in [6.45, 7) is 0.714. The van der Waals surface area contributed by atoms with Crippen LogP contribution < -0.4 is 5.32 Å². The Morgan fingerprint density at radius 2 is 2.53 bits per heavy atom. The fraction of sp³-hybridized carbons (Fsp3) is 0.500. The molecule has 2 atom stereocenters. The van der Waals surface area contributed by atoms with E-state index in [2.05, 4.69) is 21.2 Å². The van der Waals surface area contributed by atoms with Crippen LogP contribution in [0.3, 0.4) is 0 Å². The van der Waals surface area contributed by atoms with Gasteiger partial charge in [-0.25, -0.2) is 0 Å². The van der Waals surface area contributed by atoms with Gasteiger partial charge >= 0.3 is 0 Å². The summed E-state index contributed by atoms with van der Waals surface area (Å²) in [6, 6.07) is 1.52. The van der Waals surface area contributed by atoms with Crippen molar-refractivity contribution in [1.82, 2.24) is 5.32 Å². The summed E-state index contributed by atoms with van der Waals surface area (Å²) >= 11 is 3.27. The largest absolute Gasteiger partial charge is 0.460 e. The maximum Gasteiger partial charge on any atom is 0.216 e. The zero-order valence-corrected chi connectivity index (χ0v) is 9.91. The number of hydrogen-bond donors (Lipinski definition) is 1. The molecule has 0 aliphatic carbocycles. The lowest BCUT2D eigenvalue weighted by atomic mass is 10.1. The van der Waals surface area contributed by atoms with Gasteiger partial charge in [0.15, 0.2) is 5.76 Å². The third-order valence-corrected chi connectivity index (χ3v) is 3.21. The number of carbonyl (C=O) groups is 1. The summed E-state index contributed by atoms with van der Waals surface area (Å²) in [4.78, 5) is 11.9. The number of halogens is 1. The molecule has 1 aromatic heterocycles. The van der Waals surface area contributed by atoms with Gasteiger partial charge in [-0.15, -0.1) is 0 Å². The molecule has 4 nitrogen and oxygen atoms in total. The molecule has 0 saturated carbocycles. The van der Waals surface area contributed by atoms with Gasteiger partial charge < -0.3 is 14.5 Å². The third-order valence-electron chi connectivity index (χ3n) is 2.58. The Morgan fingerprint density at radius 1 is 1.73 bits per heavy atom. The highest BCUT2D eigenvalue weighted by Gasteiger charge is 2.32. The predicted molar refractivity (Wildman–Crippen MR) is 57.9 cm³/mol. The molecule has 1 saturated heterocycles. The molecule has 2 unspecified atom stereocenters. The summed E-state index contributed by atoms with van der Waals surface area (Å²) in [5.74, 6) is 0.357. The Balaban J connectivity index is 2.07. The van der Waals surface area contributed by atoms with Crippen molar-refractivity contribution in [3.63, 3.8) is 0 Å². The van der Waals surface area contributed by atoms with Crippen LogP contribution in [-0.4, -0.2) is 31.6 Å². The number of Topliss-reactive ketones (excluding diaryl/α,β-unsaturated/α-hetero) is 1. The van der Waals surface area contributed by atoms with Crippen molar-refractivity contribution in [2.45, 2.75) is 18.6 Å². The van der Waals surface area contributed by atoms with Gasteiger partial charge in [0.25, 0.3) is 0 Å². The lowest BCUT2D eigenvalue weighted by Gasteiger charge is -2.07. The average Bonchev–Trinajstić information content (AvgIpc) is 2.84. The Kier molecular flexibility index (Phi) is 3.23. The second kappa shape index (κ2) is 4.47. The molecule has 1 N–H and O–H groups in total. The monoisotopic (exact) mass is 273 g/mol. The molecule has 1 aliphatic rings. The van der Waals surface area contributed by atoms with Crippen LogP contribution in [-0.2, 0) is 4.74 Å². The maximum absolute atomic E-state index is 11.9. The van der Waals surface area contributed by atoms with Gasteiger partial charge in [0.1, 0.15) is 0 Å². The number of rotatable bonds is 3. The number of furan rings is 1. The molecule has 1 aromatic rings. The summed E-state index contributed by atoms with van der Waals surface area (Å²) in [6.07, 6.45) is 2.32. The first-order valence-electron chi connectivity index (χ1n) is 4.75. The van der Waals surface area contributed by atoms with Gasteiger partial charge in [-0.3, -0.25) is 4.79 Å². The number of ether oxygens (including phenoxy) is 1. The molecule has 2 heterocycles. The maximum atomic E-state index is 11.9. The number of carbonyl (C=O) groups excluding carboxylic acids is 1. The normalized spacial score (nSPS) is 25.7. The SMILES string of the molecule is COC1CNC(C(=O)c2occc2Br)C1. The van der Waals surface area contributed by atoms with Crippen LogP contribution in [0.2, 0.25) is 0 Å². The van der Waals surface area contributed by atoms with E-state index >= 15 is 0 Å². The van der Waals surface area contributed by atoms with Crippen LogP contribution in [0.15, 0.2) is 21.2 Å². The van der Waals surface area contributed by atoms with Crippen LogP contribution in [0.4, 0.5) is 0 Å². The zero-order chi connectivity index (χ0) is 10.8. The standard InChI is InChI=1S/C10H12BrNO3/c1-14-6-4-8(12-5-6)9(13)10-7(11)2-3-15-10/h2-3,6,8,12H,4-5H2,1H3. The summed E-state index contributed by atoms with van der Waals surface area (Å²) in [5.41, 5.74) is 0. The highest BCUT2D eigenvalue weighted by atomic mass is 79.9. The van der Waals surface area contributed by atoms with E-state index in [-0.39, 0.29) is 17.9 Å². The van der Waals surface area contributed by atoms with Gasteiger partial charge in [0.2, 0.25) is 5.78 Å².